The zero-order valence-electron chi connectivity index (χ0n) is 8.09. The van der Waals surface area contributed by atoms with Crippen LogP contribution in [0, 0.1) is 0 Å². The highest BCUT2D eigenvalue weighted by atomic mass is 16.5. The predicted molar refractivity (Wildman–Crippen MR) is 49.8 cm³/mol. The molecule has 3 heteroatoms. The van der Waals surface area contributed by atoms with Crippen molar-refractivity contribution < 1.29 is 9.53 Å². The lowest BCUT2D eigenvalue weighted by atomic mass is 10.2. The summed E-state index contributed by atoms with van der Waals surface area (Å²) in [5.41, 5.74) is 0.891. The molecule has 0 N–H and O–H groups in total. The van der Waals surface area contributed by atoms with Crippen molar-refractivity contribution in [2.24, 2.45) is 4.99 Å². The number of Topliss-reactive ketones (excluding diaryl/α,β-unsaturated/α-hetero) is 1. The van der Waals surface area contributed by atoms with Crippen LogP contribution in [0.5, 0.6) is 0 Å². The third kappa shape index (κ3) is 7.41. The van der Waals surface area contributed by atoms with Crippen LogP contribution in [0.4, 0.5) is 0 Å². The van der Waals surface area contributed by atoms with Crippen LogP contribution in [0.25, 0.3) is 0 Å². The summed E-state index contributed by atoms with van der Waals surface area (Å²) in [5, 5.41) is 0. The Hall–Kier alpha value is -0.700. The molecule has 0 amide bonds. The Kier molecular flexibility index (Phi) is 6.57. The highest BCUT2D eigenvalue weighted by Gasteiger charge is 1.95. The first-order valence-electron chi connectivity index (χ1n) is 4.24. The molecule has 3 nitrogen and oxygen atoms in total. The molecule has 12 heavy (non-hydrogen) atoms. The summed E-state index contributed by atoms with van der Waals surface area (Å²) in [5.74, 6) is 0.160. The van der Waals surface area contributed by atoms with E-state index in [9.17, 15) is 4.79 Å². The summed E-state index contributed by atoms with van der Waals surface area (Å²) >= 11 is 0. The van der Waals surface area contributed by atoms with Crippen molar-refractivity contribution in [2.75, 3.05) is 19.8 Å². The largest absolute Gasteiger partial charge is 0.380 e. The lowest BCUT2D eigenvalue weighted by Gasteiger charge is -1.98. The van der Waals surface area contributed by atoms with E-state index in [1.54, 1.807) is 6.92 Å². The van der Waals surface area contributed by atoms with Gasteiger partial charge in [0, 0.05) is 18.7 Å². The molecule has 0 aromatic heterocycles. The van der Waals surface area contributed by atoms with Gasteiger partial charge >= 0.3 is 0 Å². The van der Waals surface area contributed by atoms with Crippen molar-refractivity contribution in [2.45, 2.75) is 27.2 Å². The van der Waals surface area contributed by atoms with Gasteiger partial charge in [-0.3, -0.25) is 9.79 Å². The zero-order valence-corrected chi connectivity index (χ0v) is 8.09. The molecule has 0 saturated carbocycles. The number of hydrogen-bond donors (Lipinski definition) is 0. The minimum Gasteiger partial charge on any atom is -0.380 e. The van der Waals surface area contributed by atoms with Crippen LogP contribution >= 0.6 is 0 Å². The molecule has 0 aromatic carbocycles. The van der Waals surface area contributed by atoms with Gasteiger partial charge in [0.1, 0.15) is 5.78 Å². The number of rotatable bonds is 6. The highest BCUT2D eigenvalue weighted by molar-refractivity contribution is 5.99. The van der Waals surface area contributed by atoms with E-state index in [1.807, 2.05) is 13.8 Å². The van der Waals surface area contributed by atoms with E-state index in [-0.39, 0.29) is 5.78 Å². The smallest absolute Gasteiger partial charge is 0.135 e. The Morgan fingerprint density at radius 1 is 1.42 bits per heavy atom. The van der Waals surface area contributed by atoms with Gasteiger partial charge < -0.3 is 4.74 Å². The third-order valence-electron chi connectivity index (χ3n) is 1.33. The van der Waals surface area contributed by atoms with Gasteiger partial charge in [-0.05, 0) is 20.8 Å². The molecule has 0 spiro atoms. The summed E-state index contributed by atoms with van der Waals surface area (Å²) in [4.78, 5) is 14.8. The Morgan fingerprint density at radius 2 is 2.08 bits per heavy atom. The van der Waals surface area contributed by atoms with Crippen LogP contribution in [-0.4, -0.2) is 31.3 Å². The van der Waals surface area contributed by atoms with E-state index in [2.05, 4.69) is 4.99 Å². The molecule has 0 rings (SSSR count). The van der Waals surface area contributed by atoms with Gasteiger partial charge in [0.25, 0.3) is 0 Å². The van der Waals surface area contributed by atoms with Crippen LogP contribution in [0.2, 0.25) is 0 Å². The van der Waals surface area contributed by atoms with Gasteiger partial charge in [-0.2, -0.15) is 0 Å². The van der Waals surface area contributed by atoms with Crippen molar-refractivity contribution in [1.29, 1.82) is 0 Å². The summed E-state index contributed by atoms with van der Waals surface area (Å²) in [6.07, 6.45) is 0.464. The first-order valence-corrected chi connectivity index (χ1v) is 4.24. The molecular formula is C9H17NO2. The maximum atomic E-state index is 10.6. The molecule has 0 aliphatic carbocycles. The second kappa shape index (κ2) is 6.98. The molecule has 0 atom stereocenters. The lowest BCUT2D eigenvalue weighted by Crippen LogP contribution is -2.03. The standard InChI is InChI=1S/C9H17NO2/c1-4-12-6-5-10-8(2)7-9(3)11/h4-7H2,1-3H3/b10-8+. The maximum Gasteiger partial charge on any atom is 0.135 e. The van der Waals surface area contributed by atoms with Gasteiger partial charge in [-0.1, -0.05) is 0 Å². The number of ketones is 1. The minimum atomic E-state index is 0.160. The van der Waals surface area contributed by atoms with Gasteiger partial charge in [-0.15, -0.1) is 0 Å². The van der Waals surface area contributed by atoms with Crippen molar-refractivity contribution in [3.05, 3.63) is 0 Å². The molecule has 0 aliphatic rings. The van der Waals surface area contributed by atoms with Gasteiger partial charge in [0.15, 0.2) is 0 Å². The highest BCUT2D eigenvalue weighted by Crippen LogP contribution is 1.88. The van der Waals surface area contributed by atoms with E-state index in [4.69, 9.17) is 4.74 Å². The zero-order chi connectivity index (χ0) is 9.40. The molecule has 0 aromatic rings. The Balaban J connectivity index is 3.48. The molecular weight excluding hydrogens is 154 g/mol. The molecule has 0 heterocycles. The fraction of sp³-hybridized carbons (Fsp3) is 0.778. The van der Waals surface area contributed by atoms with Crippen LogP contribution in [0.1, 0.15) is 27.2 Å². The number of ether oxygens (including phenoxy) is 1. The van der Waals surface area contributed by atoms with Gasteiger partial charge in [-0.25, -0.2) is 0 Å². The average molecular weight is 171 g/mol. The number of nitrogens with zero attached hydrogens (tertiary/aromatic N) is 1. The second-order valence-electron chi connectivity index (χ2n) is 2.69. The summed E-state index contributed by atoms with van der Waals surface area (Å²) in [7, 11) is 0. The minimum absolute atomic E-state index is 0.160. The Labute approximate surface area is 73.8 Å². The van der Waals surface area contributed by atoms with Gasteiger partial charge in [0.2, 0.25) is 0 Å². The fourth-order valence-electron chi connectivity index (χ4n) is 0.862. The summed E-state index contributed by atoms with van der Waals surface area (Å²) in [6, 6.07) is 0. The summed E-state index contributed by atoms with van der Waals surface area (Å²) < 4.78 is 5.10. The van der Waals surface area contributed by atoms with E-state index in [1.165, 1.54) is 0 Å². The van der Waals surface area contributed by atoms with E-state index in [0.29, 0.717) is 19.6 Å². The molecule has 0 saturated heterocycles. The predicted octanol–water partition coefficient (Wildman–Crippen LogP) is 1.46. The number of carbonyl (C=O) groups is 1. The molecule has 0 fully saturated rings. The SMILES string of the molecule is CCOCC/N=C(\C)CC(C)=O. The number of carbonyl (C=O) groups excluding carboxylic acids is 1. The summed E-state index contributed by atoms with van der Waals surface area (Å²) in [6.45, 7) is 7.42. The Bertz CT molecular complexity index is 164. The van der Waals surface area contributed by atoms with Crippen molar-refractivity contribution in [1.82, 2.24) is 0 Å². The first kappa shape index (κ1) is 11.3. The molecule has 0 bridgehead atoms. The normalized spacial score (nSPS) is 11.8. The molecule has 0 unspecified atom stereocenters. The quantitative estimate of drug-likeness (QED) is 0.448. The van der Waals surface area contributed by atoms with Crippen molar-refractivity contribution in [3.63, 3.8) is 0 Å². The monoisotopic (exact) mass is 171 g/mol. The maximum absolute atomic E-state index is 10.6. The molecule has 0 aliphatic heterocycles. The third-order valence-corrected chi connectivity index (χ3v) is 1.33. The Morgan fingerprint density at radius 3 is 2.58 bits per heavy atom. The van der Waals surface area contributed by atoms with Crippen LogP contribution in [0.3, 0.4) is 0 Å². The van der Waals surface area contributed by atoms with Gasteiger partial charge in [0.05, 0.1) is 13.2 Å². The number of aliphatic imine (C=N–C) groups is 1. The first-order chi connectivity index (χ1) is 5.66. The van der Waals surface area contributed by atoms with Crippen molar-refractivity contribution in [3.8, 4) is 0 Å². The lowest BCUT2D eigenvalue weighted by molar-refractivity contribution is -0.115. The second-order valence-corrected chi connectivity index (χ2v) is 2.69. The topological polar surface area (TPSA) is 38.7 Å². The van der Waals surface area contributed by atoms with Crippen LogP contribution < -0.4 is 0 Å². The average Bonchev–Trinajstić information content (AvgIpc) is 1.97. The fourth-order valence-corrected chi connectivity index (χ4v) is 0.862. The molecule has 0 radical (unpaired) electrons. The number of hydrogen-bond acceptors (Lipinski definition) is 3. The molecule has 70 valence electrons. The van der Waals surface area contributed by atoms with E-state index in [0.717, 1.165) is 12.3 Å². The van der Waals surface area contributed by atoms with E-state index < -0.39 is 0 Å². The van der Waals surface area contributed by atoms with Crippen molar-refractivity contribution >= 4 is 11.5 Å². The van der Waals surface area contributed by atoms with Crippen LogP contribution in [-0.2, 0) is 9.53 Å². The van der Waals surface area contributed by atoms with Crippen LogP contribution in [0.15, 0.2) is 4.99 Å². The van der Waals surface area contributed by atoms with E-state index >= 15 is 0 Å².